The third-order valence-corrected chi connectivity index (χ3v) is 3.61. The average Bonchev–Trinajstić information content (AvgIpc) is 2.40. The van der Waals surface area contributed by atoms with Gasteiger partial charge in [-0.3, -0.25) is 9.79 Å². The molecular formula is C13H19FN2O2. The minimum Gasteiger partial charge on any atom is -0.465 e. The monoisotopic (exact) mass is 254 g/mol. The van der Waals surface area contributed by atoms with Crippen LogP contribution in [0.5, 0.6) is 0 Å². The van der Waals surface area contributed by atoms with Crippen LogP contribution in [0.25, 0.3) is 0 Å². The van der Waals surface area contributed by atoms with Crippen LogP contribution in [0.15, 0.2) is 16.9 Å². The maximum atomic E-state index is 13.0. The Kier molecular flexibility index (Phi) is 4.11. The van der Waals surface area contributed by atoms with Crippen LogP contribution in [-0.2, 0) is 9.53 Å². The van der Waals surface area contributed by atoms with E-state index in [0.29, 0.717) is 25.9 Å². The third kappa shape index (κ3) is 2.46. The number of hydrogen-bond acceptors (Lipinski definition) is 4. The van der Waals surface area contributed by atoms with Crippen molar-refractivity contribution in [3.05, 3.63) is 11.9 Å². The zero-order chi connectivity index (χ0) is 13.0. The van der Waals surface area contributed by atoms with Gasteiger partial charge in [0.15, 0.2) is 0 Å². The van der Waals surface area contributed by atoms with E-state index >= 15 is 0 Å². The molecule has 0 unspecified atom stereocenters. The van der Waals surface area contributed by atoms with E-state index in [1.807, 2.05) is 0 Å². The minimum absolute atomic E-state index is 0.0594. The van der Waals surface area contributed by atoms with E-state index in [4.69, 9.17) is 4.74 Å². The summed E-state index contributed by atoms with van der Waals surface area (Å²) in [6, 6.07) is 0. The number of piperidine rings is 1. The molecule has 1 N–H and O–H groups in total. The molecule has 1 fully saturated rings. The van der Waals surface area contributed by atoms with Crippen molar-refractivity contribution in [1.29, 1.82) is 0 Å². The molecule has 2 heterocycles. The molecule has 4 nitrogen and oxygen atoms in total. The summed E-state index contributed by atoms with van der Waals surface area (Å²) in [6.45, 7) is 3.76. The van der Waals surface area contributed by atoms with Crippen molar-refractivity contribution < 1.29 is 13.9 Å². The second kappa shape index (κ2) is 5.61. The van der Waals surface area contributed by atoms with Crippen molar-refractivity contribution in [2.75, 3.05) is 26.2 Å². The Hall–Kier alpha value is -1.23. The number of hydrogen-bond donors (Lipinski definition) is 1. The van der Waals surface area contributed by atoms with Crippen molar-refractivity contribution in [1.82, 2.24) is 5.32 Å². The second-order valence-corrected chi connectivity index (χ2v) is 4.67. The molecule has 0 spiro atoms. The average molecular weight is 254 g/mol. The van der Waals surface area contributed by atoms with Gasteiger partial charge < -0.3 is 10.1 Å². The van der Waals surface area contributed by atoms with Gasteiger partial charge in [0.25, 0.3) is 0 Å². The van der Waals surface area contributed by atoms with Crippen LogP contribution in [-0.4, -0.2) is 37.9 Å². The van der Waals surface area contributed by atoms with Crippen LogP contribution in [0.1, 0.15) is 26.2 Å². The summed E-state index contributed by atoms with van der Waals surface area (Å²) in [6.07, 6.45) is 3.30. The summed E-state index contributed by atoms with van der Waals surface area (Å²) in [5.41, 5.74) is 0.141. The summed E-state index contributed by atoms with van der Waals surface area (Å²) in [7, 11) is 0. The molecule has 1 saturated heterocycles. The van der Waals surface area contributed by atoms with E-state index in [-0.39, 0.29) is 18.3 Å². The van der Waals surface area contributed by atoms with Crippen molar-refractivity contribution >= 4 is 11.7 Å². The Morgan fingerprint density at radius 3 is 2.83 bits per heavy atom. The highest BCUT2D eigenvalue weighted by molar-refractivity contribution is 6.07. The summed E-state index contributed by atoms with van der Waals surface area (Å²) in [4.78, 5) is 16.5. The van der Waals surface area contributed by atoms with Gasteiger partial charge in [-0.15, -0.1) is 0 Å². The summed E-state index contributed by atoms with van der Waals surface area (Å²) in [5.74, 6) is -0.423. The van der Waals surface area contributed by atoms with Gasteiger partial charge in [0.2, 0.25) is 0 Å². The number of nitrogens with zero attached hydrogens (tertiary/aromatic N) is 1. The molecule has 0 aromatic rings. The van der Waals surface area contributed by atoms with Crippen LogP contribution in [0, 0.1) is 5.41 Å². The maximum absolute atomic E-state index is 13.0. The van der Waals surface area contributed by atoms with Crippen LogP contribution in [0.3, 0.4) is 0 Å². The fourth-order valence-corrected chi connectivity index (χ4v) is 2.59. The Labute approximate surface area is 106 Å². The Morgan fingerprint density at radius 1 is 1.56 bits per heavy atom. The quantitative estimate of drug-likeness (QED) is 0.779. The molecule has 0 atom stereocenters. The number of aliphatic imine (C=N–C) groups is 1. The van der Waals surface area contributed by atoms with Crippen LogP contribution in [0.2, 0.25) is 0 Å². The first-order valence-electron chi connectivity index (χ1n) is 6.45. The standard InChI is InChI=1S/C13H19FN2O2/c1-2-18-12(17)13(5-7-15-8-6-13)11-4-3-10(14)9-16-11/h3,15H,2,4-9H2,1H3. The highest BCUT2D eigenvalue weighted by atomic mass is 19.1. The Balaban J connectivity index is 2.22. The number of rotatable bonds is 3. The molecule has 0 bridgehead atoms. The molecule has 0 saturated carbocycles. The van der Waals surface area contributed by atoms with Crippen molar-refractivity contribution in [3.8, 4) is 0 Å². The fraction of sp³-hybridized carbons (Fsp3) is 0.692. The van der Waals surface area contributed by atoms with Gasteiger partial charge in [-0.05, 0) is 38.9 Å². The lowest BCUT2D eigenvalue weighted by atomic mass is 9.73. The number of allylic oxidation sites excluding steroid dienone is 1. The van der Waals surface area contributed by atoms with Gasteiger partial charge in [0, 0.05) is 12.1 Å². The van der Waals surface area contributed by atoms with E-state index in [0.717, 1.165) is 18.8 Å². The number of ether oxygens (including phenoxy) is 1. The molecule has 2 aliphatic heterocycles. The largest absolute Gasteiger partial charge is 0.465 e. The van der Waals surface area contributed by atoms with Crippen LogP contribution < -0.4 is 5.32 Å². The number of dihydropyridines is 1. The molecule has 5 heteroatoms. The predicted octanol–water partition coefficient (Wildman–Crippen LogP) is 1.62. The van der Waals surface area contributed by atoms with Gasteiger partial charge in [0.05, 0.1) is 13.2 Å². The summed E-state index contributed by atoms with van der Waals surface area (Å²) in [5, 5.41) is 3.23. The summed E-state index contributed by atoms with van der Waals surface area (Å²) >= 11 is 0. The lowest BCUT2D eigenvalue weighted by Crippen LogP contribution is -2.48. The zero-order valence-electron chi connectivity index (χ0n) is 10.7. The Morgan fingerprint density at radius 2 is 2.28 bits per heavy atom. The van der Waals surface area contributed by atoms with Crippen molar-refractivity contribution in [2.24, 2.45) is 10.4 Å². The lowest BCUT2D eigenvalue weighted by molar-refractivity contribution is -0.152. The smallest absolute Gasteiger partial charge is 0.317 e. The first-order valence-corrected chi connectivity index (χ1v) is 6.45. The zero-order valence-corrected chi connectivity index (χ0v) is 10.7. The highest BCUT2D eigenvalue weighted by Gasteiger charge is 2.45. The first kappa shape index (κ1) is 13.2. The van der Waals surface area contributed by atoms with E-state index < -0.39 is 5.41 Å². The van der Waals surface area contributed by atoms with E-state index in [9.17, 15) is 9.18 Å². The fourth-order valence-electron chi connectivity index (χ4n) is 2.59. The normalized spacial score (nSPS) is 23.0. The Bertz CT molecular complexity index is 384. The molecule has 18 heavy (non-hydrogen) atoms. The molecule has 0 aliphatic carbocycles. The van der Waals surface area contributed by atoms with Gasteiger partial charge in [0.1, 0.15) is 11.2 Å². The van der Waals surface area contributed by atoms with E-state index in [1.165, 1.54) is 6.08 Å². The molecule has 100 valence electrons. The molecule has 0 aromatic heterocycles. The number of nitrogens with one attached hydrogen (secondary N) is 1. The molecule has 0 aromatic carbocycles. The van der Waals surface area contributed by atoms with Gasteiger partial charge in [-0.25, -0.2) is 4.39 Å². The van der Waals surface area contributed by atoms with Crippen LogP contribution >= 0.6 is 0 Å². The van der Waals surface area contributed by atoms with Gasteiger partial charge in [-0.1, -0.05) is 0 Å². The maximum Gasteiger partial charge on any atom is 0.317 e. The predicted molar refractivity (Wildman–Crippen MR) is 67.3 cm³/mol. The number of halogens is 1. The van der Waals surface area contributed by atoms with Crippen molar-refractivity contribution in [3.63, 3.8) is 0 Å². The molecule has 2 rings (SSSR count). The highest BCUT2D eigenvalue weighted by Crippen LogP contribution is 2.35. The molecule has 0 radical (unpaired) electrons. The SMILES string of the molecule is CCOC(=O)C1(C2=NCC(F)=CC2)CCNCC1. The number of carbonyl (C=O) groups excluding carboxylic acids is 1. The minimum atomic E-state index is -0.640. The summed E-state index contributed by atoms with van der Waals surface area (Å²) < 4.78 is 18.2. The van der Waals surface area contributed by atoms with Crippen molar-refractivity contribution in [2.45, 2.75) is 26.2 Å². The molecular weight excluding hydrogens is 235 g/mol. The second-order valence-electron chi connectivity index (χ2n) is 4.67. The van der Waals surface area contributed by atoms with Crippen LogP contribution in [0.4, 0.5) is 4.39 Å². The van der Waals surface area contributed by atoms with E-state index in [1.54, 1.807) is 6.92 Å². The molecule has 2 aliphatic rings. The van der Waals surface area contributed by atoms with E-state index in [2.05, 4.69) is 10.3 Å². The molecule has 0 amide bonds. The van der Waals surface area contributed by atoms with Gasteiger partial charge >= 0.3 is 5.97 Å². The number of esters is 1. The number of carbonyl (C=O) groups is 1. The third-order valence-electron chi connectivity index (χ3n) is 3.61. The lowest BCUT2D eigenvalue weighted by Gasteiger charge is -2.36. The first-order chi connectivity index (χ1) is 8.69. The topological polar surface area (TPSA) is 50.7 Å². The van der Waals surface area contributed by atoms with Gasteiger partial charge in [-0.2, -0.15) is 0 Å².